The first-order valence-corrected chi connectivity index (χ1v) is 8.21. The summed E-state index contributed by atoms with van der Waals surface area (Å²) in [6.07, 6.45) is 0. The Bertz CT molecular complexity index is 780. The van der Waals surface area contributed by atoms with Crippen molar-refractivity contribution in [2.24, 2.45) is 0 Å². The van der Waals surface area contributed by atoms with Crippen LogP contribution in [0.1, 0.15) is 0 Å². The Morgan fingerprint density at radius 1 is 0.650 bits per heavy atom. The van der Waals surface area contributed by atoms with Crippen LogP contribution in [0.5, 0.6) is 0 Å². The third kappa shape index (κ3) is 3.23. The molecule has 0 aliphatic heterocycles. The van der Waals surface area contributed by atoms with Crippen molar-refractivity contribution >= 4 is 20.2 Å². The second-order valence-electron chi connectivity index (χ2n) is 4.01. The molecule has 0 saturated heterocycles. The highest BCUT2D eigenvalue weighted by atomic mass is 32.2. The monoisotopic (exact) mass is 314 g/mol. The standard InChI is InChI=1S/C12H10O6S2/c13-19(14,15)11-5-1-3-9(7-11)10-4-2-6-12(8-10)20(16,17)18/h1-8H,(H,13,14,15)(H,16,17,18). The van der Waals surface area contributed by atoms with Crippen molar-refractivity contribution in [2.45, 2.75) is 9.79 Å². The van der Waals surface area contributed by atoms with E-state index in [4.69, 9.17) is 9.11 Å². The highest BCUT2D eigenvalue weighted by Gasteiger charge is 2.13. The van der Waals surface area contributed by atoms with Gasteiger partial charge in [-0.3, -0.25) is 9.11 Å². The average molecular weight is 314 g/mol. The van der Waals surface area contributed by atoms with Crippen LogP contribution >= 0.6 is 0 Å². The Morgan fingerprint density at radius 2 is 1.00 bits per heavy atom. The predicted octanol–water partition coefficient (Wildman–Crippen LogP) is 1.85. The lowest BCUT2D eigenvalue weighted by Crippen LogP contribution is -1.99. The maximum absolute atomic E-state index is 11.1. The fraction of sp³-hybridized carbons (Fsp3) is 0. The molecule has 0 aromatic heterocycles. The maximum atomic E-state index is 11.1. The van der Waals surface area contributed by atoms with Gasteiger partial charge in [-0.15, -0.1) is 0 Å². The number of hydrogen-bond donors (Lipinski definition) is 2. The molecular weight excluding hydrogens is 304 g/mol. The second kappa shape index (κ2) is 4.98. The van der Waals surface area contributed by atoms with Gasteiger partial charge in [0.05, 0.1) is 9.79 Å². The molecule has 2 aromatic rings. The van der Waals surface area contributed by atoms with Crippen molar-refractivity contribution in [1.82, 2.24) is 0 Å². The summed E-state index contributed by atoms with van der Waals surface area (Å²) in [5.74, 6) is 0. The average Bonchev–Trinajstić information content (AvgIpc) is 2.37. The summed E-state index contributed by atoms with van der Waals surface area (Å²) in [5.41, 5.74) is 0.788. The molecule has 2 rings (SSSR count). The van der Waals surface area contributed by atoms with Crippen molar-refractivity contribution in [2.75, 3.05) is 0 Å². The molecule has 0 radical (unpaired) electrons. The molecule has 0 unspecified atom stereocenters. The molecule has 20 heavy (non-hydrogen) atoms. The van der Waals surface area contributed by atoms with Crippen LogP contribution in [0.4, 0.5) is 0 Å². The Labute approximate surface area is 116 Å². The van der Waals surface area contributed by atoms with Gasteiger partial charge in [-0.1, -0.05) is 24.3 Å². The molecule has 0 atom stereocenters. The van der Waals surface area contributed by atoms with Crippen LogP contribution in [0.2, 0.25) is 0 Å². The summed E-state index contributed by atoms with van der Waals surface area (Å²) in [4.78, 5) is -0.598. The highest BCUT2D eigenvalue weighted by Crippen LogP contribution is 2.24. The first-order chi connectivity index (χ1) is 9.18. The third-order valence-electron chi connectivity index (χ3n) is 2.60. The zero-order valence-electron chi connectivity index (χ0n) is 9.96. The summed E-state index contributed by atoms with van der Waals surface area (Å²) in [5, 5.41) is 0. The van der Waals surface area contributed by atoms with Crippen LogP contribution in [0.3, 0.4) is 0 Å². The zero-order chi connectivity index (χ0) is 15.0. The molecule has 0 saturated carbocycles. The van der Waals surface area contributed by atoms with Gasteiger partial charge in [-0.25, -0.2) is 0 Å². The summed E-state index contributed by atoms with van der Waals surface area (Å²) in [6, 6.07) is 10.8. The van der Waals surface area contributed by atoms with E-state index in [-0.39, 0.29) is 9.79 Å². The molecular formula is C12H10O6S2. The van der Waals surface area contributed by atoms with Crippen LogP contribution < -0.4 is 0 Å². The second-order valence-corrected chi connectivity index (χ2v) is 6.85. The Hall–Kier alpha value is -1.74. The molecule has 0 bridgehead atoms. The van der Waals surface area contributed by atoms with Gasteiger partial charge in [0.15, 0.2) is 0 Å². The van der Waals surface area contributed by atoms with Crippen molar-refractivity contribution in [3.8, 4) is 11.1 Å². The van der Waals surface area contributed by atoms with Gasteiger partial charge in [0.2, 0.25) is 0 Å². The number of rotatable bonds is 3. The lowest BCUT2D eigenvalue weighted by molar-refractivity contribution is 0.481. The topological polar surface area (TPSA) is 109 Å². The minimum Gasteiger partial charge on any atom is -0.282 e. The predicted molar refractivity (Wildman–Crippen MR) is 71.5 cm³/mol. The molecule has 0 spiro atoms. The molecule has 106 valence electrons. The molecule has 8 heteroatoms. The largest absolute Gasteiger partial charge is 0.294 e. The summed E-state index contributed by atoms with van der Waals surface area (Å²) in [6.45, 7) is 0. The van der Waals surface area contributed by atoms with E-state index in [9.17, 15) is 16.8 Å². The van der Waals surface area contributed by atoms with Crippen LogP contribution in [0.25, 0.3) is 11.1 Å². The van der Waals surface area contributed by atoms with Crippen molar-refractivity contribution in [3.05, 3.63) is 48.5 Å². The molecule has 2 aromatic carbocycles. The van der Waals surface area contributed by atoms with E-state index in [2.05, 4.69) is 0 Å². The fourth-order valence-electron chi connectivity index (χ4n) is 1.67. The van der Waals surface area contributed by atoms with E-state index in [0.29, 0.717) is 11.1 Å². The van der Waals surface area contributed by atoms with Crippen molar-refractivity contribution in [1.29, 1.82) is 0 Å². The first-order valence-electron chi connectivity index (χ1n) is 5.33. The van der Waals surface area contributed by atoms with Crippen LogP contribution in [0, 0.1) is 0 Å². The van der Waals surface area contributed by atoms with E-state index in [0.717, 1.165) is 0 Å². The fourth-order valence-corrected chi connectivity index (χ4v) is 2.73. The van der Waals surface area contributed by atoms with E-state index in [1.807, 2.05) is 0 Å². The van der Waals surface area contributed by atoms with E-state index >= 15 is 0 Å². The molecule has 2 N–H and O–H groups in total. The summed E-state index contributed by atoms with van der Waals surface area (Å²) >= 11 is 0. The lowest BCUT2D eigenvalue weighted by Gasteiger charge is -2.05. The molecule has 0 fully saturated rings. The smallest absolute Gasteiger partial charge is 0.282 e. The van der Waals surface area contributed by atoms with Gasteiger partial charge < -0.3 is 0 Å². The molecule has 0 aliphatic rings. The first kappa shape index (κ1) is 14.7. The van der Waals surface area contributed by atoms with Gasteiger partial charge in [0.1, 0.15) is 0 Å². The van der Waals surface area contributed by atoms with Crippen LogP contribution in [-0.2, 0) is 20.2 Å². The minimum absolute atomic E-state index is 0.299. The van der Waals surface area contributed by atoms with Crippen LogP contribution in [0.15, 0.2) is 58.3 Å². The van der Waals surface area contributed by atoms with Crippen molar-refractivity contribution in [3.63, 3.8) is 0 Å². The van der Waals surface area contributed by atoms with Gasteiger partial charge in [-0.2, -0.15) is 16.8 Å². The van der Waals surface area contributed by atoms with Crippen molar-refractivity contribution < 1.29 is 25.9 Å². The van der Waals surface area contributed by atoms with E-state index in [1.54, 1.807) is 12.1 Å². The highest BCUT2D eigenvalue weighted by molar-refractivity contribution is 7.86. The molecule has 0 aliphatic carbocycles. The summed E-state index contributed by atoms with van der Waals surface area (Å²) in [7, 11) is -8.68. The number of hydrogen-bond acceptors (Lipinski definition) is 4. The van der Waals surface area contributed by atoms with E-state index in [1.165, 1.54) is 36.4 Å². The number of benzene rings is 2. The maximum Gasteiger partial charge on any atom is 0.294 e. The zero-order valence-corrected chi connectivity index (χ0v) is 11.6. The Balaban J connectivity index is 2.58. The Morgan fingerprint density at radius 3 is 1.30 bits per heavy atom. The van der Waals surface area contributed by atoms with Gasteiger partial charge in [0.25, 0.3) is 20.2 Å². The van der Waals surface area contributed by atoms with Gasteiger partial charge in [0, 0.05) is 0 Å². The lowest BCUT2D eigenvalue weighted by atomic mass is 10.1. The van der Waals surface area contributed by atoms with E-state index < -0.39 is 20.2 Å². The normalized spacial score (nSPS) is 12.3. The summed E-state index contributed by atoms with van der Waals surface area (Å²) < 4.78 is 62.2. The third-order valence-corrected chi connectivity index (χ3v) is 4.30. The van der Waals surface area contributed by atoms with Gasteiger partial charge >= 0.3 is 0 Å². The van der Waals surface area contributed by atoms with Crippen LogP contribution in [-0.4, -0.2) is 25.9 Å². The minimum atomic E-state index is -4.34. The Kier molecular flexibility index (Phi) is 3.65. The molecule has 0 amide bonds. The SMILES string of the molecule is O=S(=O)(O)c1cccc(-c2cccc(S(=O)(=O)O)c2)c1. The molecule has 0 heterocycles. The quantitative estimate of drug-likeness (QED) is 0.837. The van der Waals surface area contributed by atoms with Gasteiger partial charge in [-0.05, 0) is 35.4 Å². The molecule has 6 nitrogen and oxygen atoms in total.